The normalized spacial score (nSPS) is 26.7. The van der Waals surface area contributed by atoms with Crippen molar-refractivity contribution in [2.75, 3.05) is 18.5 Å². The lowest BCUT2D eigenvalue weighted by Gasteiger charge is -2.42. The largest absolute Gasteiger partial charge is 0.384 e. The second-order valence-electron chi connectivity index (χ2n) is 5.99. The summed E-state index contributed by atoms with van der Waals surface area (Å²) in [4.78, 5) is 0. The number of hydrogen-bond donors (Lipinski definition) is 1. The molecule has 2 aliphatic rings. The lowest BCUT2D eigenvalue weighted by atomic mass is 9.75. The van der Waals surface area contributed by atoms with Crippen LogP contribution in [0.5, 0.6) is 0 Å². The molecule has 0 bridgehead atoms. The Hall–Kier alpha value is -1.22. The maximum Gasteiger partial charge on any atom is 0.0895 e. The first-order valence-electron chi connectivity index (χ1n) is 7.63. The highest BCUT2D eigenvalue weighted by Gasteiger charge is 2.39. The summed E-state index contributed by atoms with van der Waals surface area (Å²) in [6.45, 7) is 1.70. The quantitative estimate of drug-likeness (QED) is 0.766. The molecule has 3 atom stereocenters. The van der Waals surface area contributed by atoms with Gasteiger partial charge in [0.2, 0.25) is 0 Å². The summed E-state index contributed by atoms with van der Waals surface area (Å²) >= 11 is 12.3. The van der Waals surface area contributed by atoms with Crippen molar-refractivity contribution >= 4 is 28.9 Å². The van der Waals surface area contributed by atoms with Crippen molar-refractivity contribution in [1.82, 2.24) is 0 Å². The topological polar surface area (TPSA) is 21.3 Å². The molecule has 0 amide bonds. The highest BCUT2D eigenvalue weighted by Crippen LogP contribution is 2.47. The molecule has 0 saturated carbocycles. The Balaban J connectivity index is 1.70. The fraction of sp³-hybridized carbons (Fsp3) is 0.333. The number of benzene rings is 2. The second kappa shape index (κ2) is 5.77. The number of nitrogens with one attached hydrogen (secondary N) is 1. The minimum absolute atomic E-state index is 0.158. The van der Waals surface area contributed by atoms with Crippen molar-refractivity contribution in [1.29, 1.82) is 0 Å². The zero-order valence-corrected chi connectivity index (χ0v) is 13.6. The summed E-state index contributed by atoms with van der Waals surface area (Å²) in [5, 5.41) is 4.79. The summed E-state index contributed by atoms with van der Waals surface area (Å²) in [6, 6.07) is 14.4. The fourth-order valence-corrected chi connectivity index (χ4v) is 4.04. The molecular formula is C18H17Cl2NO. The van der Waals surface area contributed by atoms with Crippen LogP contribution in [0, 0.1) is 5.92 Å². The molecule has 2 nitrogen and oxygen atoms in total. The van der Waals surface area contributed by atoms with E-state index >= 15 is 0 Å². The van der Waals surface area contributed by atoms with Crippen LogP contribution in [0.25, 0.3) is 0 Å². The van der Waals surface area contributed by atoms with Crippen LogP contribution in [0.3, 0.4) is 0 Å². The van der Waals surface area contributed by atoms with Crippen LogP contribution in [-0.2, 0) is 4.74 Å². The Labute approximate surface area is 140 Å². The van der Waals surface area contributed by atoms with E-state index in [-0.39, 0.29) is 6.10 Å². The van der Waals surface area contributed by atoms with E-state index in [1.54, 1.807) is 0 Å². The maximum absolute atomic E-state index is 6.21. The first kappa shape index (κ1) is 14.4. The Morgan fingerprint density at radius 2 is 1.91 bits per heavy atom. The number of para-hydroxylation sites is 1. The molecule has 0 aromatic heterocycles. The van der Waals surface area contributed by atoms with E-state index < -0.39 is 0 Å². The molecule has 1 fully saturated rings. The molecule has 2 aromatic rings. The van der Waals surface area contributed by atoms with Crippen LogP contribution in [0.15, 0.2) is 42.5 Å². The standard InChI is InChI=1S/C18H17Cl2NO/c19-15-6-5-11(9-16(15)20)12-7-8-22-18-13-3-1-2-4-17(13)21-10-14(12)18/h1-6,9,12,14,18,21H,7-8,10H2/t12-,14?,18?/m0/s1. The molecule has 0 radical (unpaired) electrons. The molecule has 1 N–H and O–H groups in total. The van der Waals surface area contributed by atoms with Crippen LogP contribution >= 0.6 is 23.2 Å². The van der Waals surface area contributed by atoms with Gasteiger partial charge in [-0.15, -0.1) is 0 Å². The molecule has 4 rings (SSSR count). The van der Waals surface area contributed by atoms with Gasteiger partial charge in [-0.2, -0.15) is 0 Å². The van der Waals surface area contributed by atoms with Crippen molar-refractivity contribution in [3.8, 4) is 0 Å². The number of ether oxygens (including phenoxy) is 1. The third kappa shape index (κ3) is 2.40. The van der Waals surface area contributed by atoms with Gasteiger partial charge in [0, 0.05) is 30.3 Å². The minimum atomic E-state index is 0.158. The Morgan fingerprint density at radius 3 is 2.77 bits per heavy atom. The fourth-order valence-electron chi connectivity index (χ4n) is 3.73. The van der Waals surface area contributed by atoms with E-state index in [1.807, 2.05) is 12.1 Å². The number of anilines is 1. The monoisotopic (exact) mass is 333 g/mol. The Kier molecular flexibility index (Phi) is 3.77. The number of fused-ring (bicyclic) bond motifs is 3. The molecule has 2 aliphatic heterocycles. The first-order valence-corrected chi connectivity index (χ1v) is 8.39. The SMILES string of the molecule is Clc1ccc([C@@H]2CCOC3c4ccccc4NCC32)cc1Cl. The molecule has 0 aliphatic carbocycles. The van der Waals surface area contributed by atoms with Crippen LogP contribution in [0.4, 0.5) is 5.69 Å². The third-order valence-electron chi connectivity index (χ3n) is 4.80. The molecule has 1 saturated heterocycles. The molecule has 114 valence electrons. The summed E-state index contributed by atoms with van der Waals surface area (Å²) < 4.78 is 6.11. The van der Waals surface area contributed by atoms with E-state index in [0.29, 0.717) is 21.9 Å². The summed E-state index contributed by atoms with van der Waals surface area (Å²) in [7, 11) is 0. The van der Waals surface area contributed by atoms with Gasteiger partial charge in [0.15, 0.2) is 0 Å². The van der Waals surface area contributed by atoms with Crippen LogP contribution in [0.2, 0.25) is 10.0 Å². The Morgan fingerprint density at radius 1 is 1.05 bits per heavy atom. The average molecular weight is 334 g/mol. The smallest absolute Gasteiger partial charge is 0.0895 e. The van der Waals surface area contributed by atoms with Crippen molar-refractivity contribution < 1.29 is 4.74 Å². The summed E-state index contributed by atoms with van der Waals surface area (Å²) in [6.07, 6.45) is 1.17. The summed E-state index contributed by atoms with van der Waals surface area (Å²) in [5.41, 5.74) is 3.72. The van der Waals surface area contributed by atoms with E-state index in [2.05, 4.69) is 35.6 Å². The molecule has 0 spiro atoms. The highest BCUT2D eigenvalue weighted by atomic mass is 35.5. The Bertz CT molecular complexity index is 703. The van der Waals surface area contributed by atoms with Gasteiger partial charge in [0.05, 0.1) is 16.1 Å². The van der Waals surface area contributed by atoms with Crippen molar-refractivity contribution in [3.63, 3.8) is 0 Å². The van der Waals surface area contributed by atoms with Crippen molar-refractivity contribution in [2.45, 2.75) is 18.4 Å². The van der Waals surface area contributed by atoms with Gasteiger partial charge in [-0.05, 0) is 36.1 Å². The third-order valence-corrected chi connectivity index (χ3v) is 5.54. The average Bonchev–Trinajstić information content (AvgIpc) is 2.56. The second-order valence-corrected chi connectivity index (χ2v) is 6.81. The molecule has 2 heterocycles. The lowest BCUT2D eigenvalue weighted by molar-refractivity contribution is -0.0381. The molecular weight excluding hydrogens is 317 g/mol. The lowest BCUT2D eigenvalue weighted by Crippen LogP contribution is -2.37. The van der Waals surface area contributed by atoms with Gasteiger partial charge in [0.25, 0.3) is 0 Å². The number of halogens is 2. The van der Waals surface area contributed by atoms with Gasteiger partial charge < -0.3 is 10.1 Å². The van der Waals surface area contributed by atoms with Gasteiger partial charge in [-0.25, -0.2) is 0 Å². The molecule has 22 heavy (non-hydrogen) atoms. The van der Waals surface area contributed by atoms with E-state index in [9.17, 15) is 0 Å². The van der Waals surface area contributed by atoms with Gasteiger partial charge in [-0.3, -0.25) is 0 Å². The highest BCUT2D eigenvalue weighted by molar-refractivity contribution is 6.42. The molecule has 4 heteroatoms. The maximum atomic E-state index is 6.21. The zero-order chi connectivity index (χ0) is 15.1. The first-order chi connectivity index (χ1) is 10.7. The van der Waals surface area contributed by atoms with Gasteiger partial charge in [-0.1, -0.05) is 47.5 Å². The van der Waals surface area contributed by atoms with E-state index in [1.165, 1.54) is 16.8 Å². The van der Waals surface area contributed by atoms with E-state index in [4.69, 9.17) is 27.9 Å². The van der Waals surface area contributed by atoms with Gasteiger partial charge in [0.1, 0.15) is 0 Å². The van der Waals surface area contributed by atoms with Crippen molar-refractivity contribution in [2.24, 2.45) is 5.92 Å². The summed E-state index contributed by atoms with van der Waals surface area (Å²) in [5.74, 6) is 0.857. The molecule has 2 aromatic carbocycles. The van der Waals surface area contributed by atoms with Crippen LogP contribution in [0.1, 0.15) is 29.6 Å². The zero-order valence-electron chi connectivity index (χ0n) is 12.1. The van der Waals surface area contributed by atoms with Crippen LogP contribution in [-0.4, -0.2) is 13.2 Å². The van der Waals surface area contributed by atoms with E-state index in [0.717, 1.165) is 19.6 Å². The van der Waals surface area contributed by atoms with Crippen LogP contribution < -0.4 is 5.32 Å². The van der Waals surface area contributed by atoms with Crippen molar-refractivity contribution in [3.05, 3.63) is 63.6 Å². The molecule has 2 unspecified atom stereocenters. The number of hydrogen-bond acceptors (Lipinski definition) is 2. The minimum Gasteiger partial charge on any atom is -0.384 e. The predicted molar refractivity (Wildman–Crippen MR) is 90.9 cm³/mol. The number of rotatable bonds is 1. The predicted octanol–water partition coefficient (Wildman–Crippen LogP) is 5.28. The van der Waals surface area contributed by atoms with Gasteiger partial charge >= 0.3 is 0 Å².